The molecule has 29 heavy (non-hydrogen) atoms. The summed E-state index contributed by atoms with van der Waals surface area (Å²) in [6, 6.07) is 0. The molecule has 0 aliphatic carbocycles. The van der Waals surface area contributed by atoms with Crippen LogP contribution < -0.4 is 0 Å². The first-order valence-electron chi connectivity index (χ1n) is 10.3. The summed E-state index contributed by atoms with van der Waals surface area (Å²) in [4.78, 5) is 10.8. The second-order valence-corrected chi connectivity index (χ2v) is 9.93. The fraction of sp³-hybridized carbons (Fsp3) is 0.842. The van der Waals surface area contributed by atoms with E-state index in [4.69, 9.17) is 4.74 Å². The van der Waals surface area contributed by atoms with Gasteiger partial charge in [-0.15, -0.1) is 0 Å². The molecule has 0 N–H and O–H groups in total. The van der Waals surface area contributed by atoms with Gasteiger partial charge in [0.25, 0.3) is 0 Å². The summed E-state index contributed by atoms with van der Waals surface area (Å²) in [6.07, 6.45) is 15.8. The molecule has 1 saturated heterocycles. The van der Waals surface area contributed by atoms with Gasteiger partial charge in [-0.3, -0.25) is 0 Å². The Bertz CT molecular complexity index is 478. The molecule has 0 amide bonds. The van der Waals surface area contributed by atoms with E-state index in [0.717, 1.165) is 6.42 Å². The number of carbonyl (C=O) groups excluding carboxylic acids is 1. The Morgan fingerprint density at radius 1 is 0.862 bits per heavy atom. The van der Waals surface area contributed by atoms with Crippen LogP contribution in [0.1, 0.15) is 70.6 Å². The van der Waals surface area contributed by atoms with E-state index in [1.807, 2.05) is 0 Å². The number of halogens is 6. The number of ether oxygens (including phenoxy) is 1. The predicted molar refractivity (Wildman–Crippen MR) is 106 cm³/mol. The van der Waals surface area contributed by atoms with Gasteiger partial charge in [-0.25, -0.2) is 4.79 Å². The molecule has 0 spiro atoms. The number of likely N-dealkylation sites (tertiary alicyclic amines) is 1. The van der Waals surface area contributed by atoms with Crippen LogP contribution in [0.4, 0.5) is 25.2 Å². The molecule has 0 aromatic carbocycles. The average Bonchev–Trinajstić information content (AvgIpc) is 2.99. The summed E-state index contributed by atoms with van der Waals surface area (Å²) in [5, 5.41) is 0. The third-order valence-corrected chi connectivity index (χ3v) is 4.90. The van der Waals surface area contributed by atoms with Gasteiger partial charge in [0.1, 0.15) is 0 Å². The number of hydrogen-bond acceptors (Lipinski definition) is 2. The van der Waals surface area contributed by atoms with Gasteiger partial charge >= 0.3 is 39.0 Å². The standard InChI is InChI=1S/C19H36NO2.F6P/c1-3-19(21)22-18-14-10-8-6-4-5-7-9-11-15-20(2)16-12-13-17-20;1-7(2,3,4,5)6/h3H,1,4-18H2,2H3;/q+1;-1. The van der Waals surface area contributed by atoms with E-state index >= 15 is 0 Å². The van der Waals surface area contributed by atoms with E-state index in [-0.39, 0.29) is 5.97 Å². The zero-order chi connectivity index (χ0) is 22.5. The molecule has 1 fully saturated rings. The van der Waals surface area contributed by atoms with E-state index in [1.165, 1.54) is 94.4 Å². The summed E-state index contributed by atoms with van der Waals surface area (Å²) in [5.41, 5.74) is 0. The first-order valence-corrected chi connectivity index (χ1v) is 12.3. The maximum atomic E-state index is 10.8. The van der Waals surface area contributed by atoms with Crippen LogP contribution in [0.5, 0.6) is 0 Å². The summed E-state index contributed by atoms with van der Waals surface area (Å²) < 4.78 is 65.5. The van der Waals surface area contributed by atoms with Crippen LogP contribution in [0.25, 0.3) is 0 Å². The molecule has 1 rings (SSSR count). The van der Waals surface area contributed by atoms with Crippen molar-refractivity contribution in [2.75, 3.05) is 33.3 Å². The zero-order valence-corrected chi connectivity index (χ0v) is 18.3. The minimum absolute atomic E-state index is 0.301. The van der Waals surface area contributed by atoms with Crippen molar-refractivity contribution in [1.82, 2.24) is 0 Å². The molecule has 10 heteroatoms. The van der Waals surface area contributed by atoms with Gasteiger partial charge in [0.05, 0.1) is 33.3 Å². The molecular weight excluding hydrogens is 419 g/mol. The van der Waals surface area contributed by atoms with Gasteiger partial charge in [0.2, 0.25) is 0 Å². The van der Waals surface area contributed by atoms with Gasteiger partial charge in [0.15, 0.2) is 0 Å². The molecule has 0 atom stereocenters. The van der Waals surface area contributed by atoms with Crippen LogP contribution in [-0.2, 0) is 9.53 Å². The minimum atomic E-state index is -10.7. The molecule has 1 aliphatic heterocycles. The summed E-state index contributed by atoms with van der Waals surface area (Å²) in [7, 11) is -8.23. The molecule has 0 saturated carbocycles. The SMILES string of the molecule is C=CC(=O)OCCCCCCCCCCC[N+]1(C)CCCC1.F[P-](F)(F)(F)(F)F. The van der Waals surface area contributed by atoms with E-state index in [1.54, 1.807) is 0 Å². The molecule has 0 aromatic heterocycles. The van der Waals surface area contributed by atoms with E-state index in [0.29, 0.717) is 6.61 Å². The first-order chi connectivity index (χ1) is 13.1. The summed E-state index contributed by atoms with van der Waals surface area (Å²) in [6.45, 7) is 8.13. The Labute approximate surface area is 170 Å². The van der Waals surface area contributed by atoms with Crippen molar-refractivity contribution in [2.45, 2.75) is 70.6 Å². The van der Waals surface area contributed by atoms with Crippen molar-refractivity contribution in [3.8, 4) is 0 Å². The van der Waals surface area contributed by atoms with Gasteiger partial charge < -0.3 is 9.22 Å². The van der Waals surface area contributed by atoms with Crippen LogP contribution in [-0.4, -0.2) is 43.7 Å². The Kier molecular flexibility index (Phi) is 11.2. The maximum absolute atomic E-state index is 10.8. The molecular formula is C19H36F6NO2P. The van der Waals surface area contributed by atoms with E-state index < -0.39 is 7.81 Å². The molecule has 176 valence electrons. The van der Waals surface area contributed by atoms with Gasteiger partial charge in [-0.2, -0.15) is 0 Å². The third-order valence-electron chi connectivity index (χ3n) is 4.90. The quantitative estimate of drug-likeness (QED) is 0.0706. The van der Waals surface area contributed by atoms with Crippen LogP contribution in [0.2, 0.25) is 0 Å². The summed E-state index contributed by atoms with van der Waals surface area (Å²) in [5.74, 6) is -0.301. The Morgan fingerprint density at radius 2 is 1.24 bits per heavy atom. The van der Waals surface area contributed by atoms with Crippen molar-refractivity contribution in [3.63, 3.8) is 0 Å². The van der Waals surface area contributed by atoms with Crippen molar-refractivity contribution >= 4 is 13.8 Å². The van der Waals surface area contributed by atoms with Crippen LogP contribution in [0, 0.1) is 0 Å². The zero-order valence-electron chi connectivity index (χ0n) is 17.4. The predicted octanol–water partition coefficient (Wildman–Crippen LogP) is 7.85. The summed E-state index contributed by atoms with van der Waals surface area (Å²) >= 11 is 0. The number of hydrogen-bond donors (Lipinski definition) is 0. The third kappa shape index (κ3) is 25.1. The monoisotopic (exact) mass is 455 g/mol. The van der Waals surface area contributed by atoms with Crippen LogP contribution in [0.15, 0.2) is 12.7 Å². The van der Waals surface area contributed by atoms with Crippen molar-refractivity contribution in [3.05, 3.63) is 12.7 Å². The number of nitrogens with zero attached hydrogens (tertiary/aromatic N) is 1. The first kappa shape index (κ1) is 28.2. The molecule has 3 nitrogen and oxygen atoms in total. The van der Waals surface area contributed by atoms with Crippen molar-refractivity contribution in [2.24, 2.45) is 0 Å². The number of rotatable bonds is 13. The normalized spacial score (nSPS) is 18.2. The Morgan fingerprint density at radius 3 is 1.66 bits per heavy atom. The topological polar surface area (TPSA) is 26.3 Å². The Balaban J connectivity index is 0.000000956. The molecule has 1 aliphatic rings. The molecule has 1 heterocycles. The van der Waals surface area contributed by atoms with Crippen molar-refractivity contribution in [1.29, 1.82) is 0 Å². The number of carbonyl (C=O) groups is 1. The number of esters is 1. The fourth-order valence-corrected chi connectivity index (χ4v) is 3.39. The number of quaternary nitrogens is 1. The van der Waals surface area contributed by atoms with E-state index in [9.17, 15) is 30.0 Å². The van der Waals surface area contributed by atoms with Gasteiger partial charge in [-0.05, 0) is 19.3 Å². The van der Waals surface area contributed by atoms with Crippen LogP contribution >= 0.6 is 7.81 Å². The second kappa shape index (κ2) is 11.5. The molecule has 0 aromatic rings. The fourth-order valence-electron chi connectivity index (χ4n) is 3.39. The second-order valence-electron chi connectivity index (χ2n) is 8.01. The van der Waals surface area contributed by atoms with E-state index in [2.05, 4.69) is 13.6 Å². The molecule has 0 radical (unpaired) electrons. The van der Waals surface area contributed by atoms with Crippen molar-refractivity contribution < 1.29 is 39.2 Å². The molecule has 0 bridgehead atoms. The Hall–Kier alpha value is -0.820. The number of unbranched alkanes of at least 4 members (excludes halogenated alkanes) is 8. The van der Waals surface area contributed by atoms with Gasteiger partial charge in [0, 0.05) is 18.9 Å². The van der Waals surface area contributed by atoms with Crippen LogP contribution in [0.3, 0.4) is 0 Å². The van der Waals surface area contributed by atoms with Gasteiger partial charge in [-0.1, -0.05) is 45.1 Å². The molecule has 0 unspecified atom stereocenters. The average molecular weight is 455 g/mol.